The van der Waals surface area contributed by atoms with Gasteiger partial charge in [-0.25, -0.2) is 0 Å². The highest BCUT2D eigenvalue weighted by atomic mass is 32.2. The van der Waals surface area contributed by atoms with E-state index in [2.05, 4.69) is 18.7 Å². The fraction of sp³-hybridized carbons (Fsp3) is 0.571. The Hall–Kier alpha value is -1.27. The molecule has 0 aliphatic carbocycles. The zero-order chi connectivity index (χ0) is 14.9. The fourth-order valence-electron chi connectivity index (χ4n) is 2.59. The normalized spacial score (nSPS) is 24.5. The Morgan fingerprint density at radius 3 is 2.50 bits per heavy atom. The molecule has 1 N–H and O–H groups in total. The monoisotopic (exact) mass is 296 g/mol. The summed E-state index contributed by atoms with van der Waals surface area (Å²) >= 11 is 1.91. The second kappa shape index (κ2) is 6.01. The van der Waals surface area contributed by atoms with Gasteiger partial charge in [-0.2, -0.15) is 11.8 Å². The average molecular weight is 296 g/mol. The van der Waals surface area contributed by atoms with Gasteiger partial charge < -0.3 is 10.0 Å². The maximum atomic E-state index is 11.3. The first-order chi connectivity index (χ1) is 9.38. The highest BCUT2D eigenvalue weighted by Gasteiger charge is 2.27. The molecule has 1 aliphatic rings. The lowest BCUT2D eigenvalue weighted by molar-refractivity contribution is -0.384. The molecule has 0 saturated carbocycles. The van der Waals surface area contributed by atoms with Crippen LogP contribution in [0.25, 0.3) is 0 Å². The second-order valence-corrected chi connectivity index (χ2v) is 7.23. The minimum absolute atomic E-state index is 0.0784. The van der Waals surface area contributed by atoms with Gasteiger partial charge in [0.2, 0.25) is 0 Å². The van der Waals surface area contributed by atoms with E-state index in [-0.39, 0.29) is 10.6 Å². The summed E-state index contributed by atoms with van der Waals surface area (Å²) in [7, 11) is 0. The van der Waals surface area contributed by atoms with Gasteiger partial charge in [0.05, 0.1) is 11.0 Å². The molecule has 0 bridgehead atoms. The summed E-state index contributed by atoms with van der Waals surface area (Å²) in [4.78, 5) is 13.0. The molecular weight excluding hydrogens is 276 g/mol. The quantitative estimate of drug-likeness (QED) is 0.686. The first kappa shape index (κ1) is 15.1. The van der Waals surface area contributed by atoms with E-state index in [9.17, 15) is 15.2 Å². The van der Waals surface area contributed by atoms with E-state index in [4.69, 9.17) is 0 Å². The second-order valence-electron chi connectivity index (χ2n) is 5.34. The highest BCUT2D eigenvalue weighted by molar-refractivity contribution is 8.00. The van der Waals surface area contributed by atoms with Crippen molar-refractivity contribution in [2.24, 2.45) is 0 Å². The Labute approximate surface area is 123 Å². The van der Waals surface area contributed by atoms with Crippen LogP contribution in [0.15, 0.2) is 18.2 Å². The van der Waals surface area contributed by atoms with Crippen LogP contribution in [-0.2, 0) is 0 Å². The van der Waals surface area contributed by atoms with Gasteiger partial charge in [-0.3, -0.25) is 10.1 Å². The molecule has 0 amide bonds. The lowest BCUT2D eigenvalue weighted by Gasteiger charge is -2.36. The topological polar surface area (TPSA) is 66.6 Å². The van der Waals surface area contributed by atoms with Crippen molar-refractivity contribution in [2.75, 3.05) is 18.0 Å². The molecule has 6 heteroatoms. The summed E-state index contributed by atoms with van der Waals surface area (Å²) in [5.41, 5.74) is 1.31. The zero-order valence-corrected chi connectivity index (χ0v) is 12.8. The van der Waals surface area contributed by atoms with E-state index in [1.54, 1.807) is 19.1 Å². The van der Waals surface area contributed by atoms with Crippen LogP contribution in [0.5, 0.6) is 0 Å². The molecule has 20 heavy (non-hydrogen) atoms. The third kappa shape index (κ3) is 3.24. The summed E-state index contributed by atoms with van der Waals surface area (Å²) in [5, 5.41) is 21.8. The zero-order valence-electron chi connectivity index (χ0n) is 11.9. The van der Waals surface area contributed by atoms with Gasteiger partial charge in [0.25, 0.3) is 5.69 Å². The molecule has 1 aromatic rings. The Bertz CT molecular complexity index is 497. The Balaban J connectivity index is 2.37. The molecule has 3 atom stereocenters. The van der Waals surface area contributed by atoms with Crippen LogP contribution >= 0.6 is 11.8 Å². The predicted octanol–water partition coefficient (Wildman–Crippen LogP) is 2.98. The Kier molecular flexibility index (Phi) is 4.55. The van der Waals surface area contributed by atoms with Gasteiger partial charge in [-0.15, -0.1) is 0 Å². The largest absolute Gasteiger partial charge is 0.389 e. The number of anilines is 1. The van der Waals surface area contributed by atoms with Crippen molar-refractivity contribution in [1.29, 1.82) is 0 Å². The van der Waals surface area contributed by atoms with Gasteiger partial charge in [0.1, 0.15) is 5.69 Å². The molecule has 1 aromatic carbocycles. The highest BCUT2D eigenvalue weighted by Crippen LogP contribution is 2.35. The average Bonchev–Trinajstić information content (AvgIpc) is 2.36. The molecule has 5 nitrogen and oxygen atoms in total. The van der Waals surface area contributed by atoms with Crippen molar-refractivity contribution in [3.05, 3.63) is 33.9 Å². The molecule has 0 aromatic heterocycles. The van der Waals surface area contributed by atoms with E-state index in [1.807, 2.05) is 11.8 Å². The van der Waals surface area contributed by atoms with Gasteiger partial charge in [0, 0.05) is 29.7 Å². The third-order valence-corrected chi connectivity index (χ3v) is 4.67. The third-order valence-electron chi connectivity index (χ3n) is 3.44. The molecule has 1 fully saturated rings. The molecule has 2 unspecified atom stereocenters. The predicted molar refractivity (Wildman–Crippen MR) is 82.5 cm³/mol. The summed E-state index contributed by atoms with van der Waals surface area (Å²) in [5.74, 6) is 0. The summed E-state index contributed by atoms with van der Waals surface area (Å²) in [6, 6.07) is 5.01. The van der Waals surface area contributed by atoms with Gasteiger partial charge in [0.15, 0.2) is 0 Å². The number of thioether (sulfide) groups is 1. The molecule has 110 valence electrons. The number of aliphatic hydroxyl groups excluding tert-OH is 1. The van der Waals surface area contributed by atoms with E-state index in [1.165, 1.54) is 6.07 Å². The lowest BCUT2D eigenvalue weighted by atomic mass is 10.1. The maximum Gasteiger partial charge on any atom is 0.292 e. The molecule has 1 heterocycles. The number of aliphatic hydroxyl groups is 1. The van der Waals surface area contributed by atoms with Crippen molar-refractivity contribution in [2.45, 2.75) is 37.4 Å². The van der Waals surface area contributed by atoms with Crippen LogP contribution in [-0.4, -0.2) is 33.6 Å². The lowest BCUT2D eigenvalue weighted by Crippen LogP contribution is -2.40. The minimum atomic E-state index is -0.697. The Morgan fingerprint density at radius 1 is 1.40 bits per heavy atom. The Morgan fingerprint density at radius 2 is 2.00 bits per heavy atom. The molecular formula is C14H20N2O3S. The van der Waals surface area contributed by atoms with Crippen molar-refractivity contribution in [3.63, 3.8) is 0 Å². The van der Waals surface area contributed by atoms with E-state index in [0.29, 0.717) is 21.8 Å². The first-order valence-corrected chi connectivity index (χ1v) is 7.69. The minimum Gasteiger partial charge on any atom is -0.389 e. The standard InChI is InChI=1S/C14H20N2O3S/c1-9-7-15(8-10(2)20-9)13-5-4-12(11(3)17)6-14(13)16(18)19/h4-6,9-11,17H,7-8H2,1-3H3/t9?,10?,11-/m1/s1. The van der Waals surface area contributed by atoms with Crippen molar-refractivity contribution < 1.29 is 10.0 Å². The van der Waals surface area contributed by atoms with E-state index >= 15 is 0 Å². The number of hydrogen-bond donors (Lipinski definition) is 1. The number of hydrogen-bond acceptors (Lipinski definition) is 5. The molecule has 1 aliphatic heterocycles. The smallest absolute Gasteiger partial charge is 0.292 e. The number of nitro benzene ring substituents is 1. The molecule has 2 rings (SSSR count). The van der Waals surface area contributed by atoms with E-state index < -0.39 is 6.10 Å². The maximum absolute atomic E-state index is 11.3. The van der Waals surface area contributed by atoms with Gasteiger partial charge in [-0.1, -0.05) is 19.9 Å². The fourth-order valence-corrected chi connectivity index (χ4v) is 3.91. The number of nitro groups is 1. The van der Waals surface area contributed by atoms with Gasteiger partial charge >= 0.3 is 0 Å². The van der Waals surface area contributed by atoms with Crippen LogP contribution < -0.4 is 4.90 Å². The molecule has 0 radical (unpaired) electrons. The van der Waals surface area contributed by atoms with Crippen LogP contribution in [0.4, 0.5) is 11.4 Å². The first-order valence-electron chi connectivity index (χ1n) is 6.75. The van der Waals surface area contributed by atoms with Crippen LogP contribution in [0.1, 0.15) is 32.4 Å². The SMILES string of the molecule is CC1CN(c2ccc([C@@H](C)O)cc2[N+](=O)[O-])CC(C)S1. The van der Waals surface area contributed by atoms with Gasteiger partial charge in [-0.05, 0) is 18.6 Å². The van der Waals surface area contributed by atoms with E-state index in [0.717, 1.165) is 13.1 Å². The summed E-state index contributed by atoms with van der Waals surface area (Å²) in [6.45, 7) is 7.51. The van der Waals surface area contributed by atoms with Crippen LogP contribution in [0.3, 0.4) is 0 Å². The number of nitrogens with zero attached hydrogens (tertiary/aromatic N) is 2. The molecule has 1 saturated heterocycles. The number of benzene rings is 1. The van der Waals surface area contributed by atoms with Crippen LogP contribution in [0, 0.1) is 10.1 Å². The summed E-state index contributed by atoms with van der Waals surface area (Å²) in [6.07, 6.45) is -0.697. The van der Waals surface area contributed by atoms with Crippen molar-refractivity contribution >= 4 is 23.1 Å². The molecule has 0 spiro atoms. The van der Waals surface area contributed by atoms with Crippen LogP contribution in [0.2, 0.25) is 0 Å². The van der Waals surface area contributed by atoms with Crippen molar-refractivity contribution in [3.8, 4) is 0 Å². The summed E-state index contributed by atoms with van der Waals surface area (Å²) < 4.78 is 0. The van der Waals surface area contributed by atoms with Crippen molar-refractivity contribution in [1.82, 2.24) is 0 Å². The number of rotatable bonds is 3.